The van der Waals surface area contributed by atoms with E-state index in [2.05, 4.69) is 10.5 Å². The number of carbonyl (C=O) groups is 3. The second kappa shape index (κ2) is 16.5. The highest BCUT2D eigenvalue weighted by molar-refractivity contribution is 8.24. The first-order valence-electron chi connectivity index (χ1n) is 12.1. The molecule has 0 aromatic carbocycles. The average Bonchev–Trinajstić information content (AvgIpc) is 2.82. The van der Waals surface area contributed by atoms with E-state index in [1.165, 1.54) is 4.90 Å². The zero-order valence-electron chi connectivity index (χ0n) is 20.9. The molecular weight excluding hydrogens is 458 g/mol. The molecule has 1 aliphatic rings. The van der Waals surface area contributed by atoms with Crippen LogP contribution in [0.25, 0.3) is 0 Å². The minimum absolute atomic E-state index is 0.103. The fraction of sp³-hybridized carbons (Fsp3) is 0.783. The lowest BCUT2D eigenvalue weighted by Crippen LogP contribution is -2.57. The largest absolute Gasteiger partial charge is 0.444 e. The fourth-order valence-electron chi connectivity index (χ4n) is 3.78. The van der Waals surface area contributed by atoms with Crippen LogP contribution < -0.4 is 5.32 Å². The Morgan fingerprint density at radius 3 is 2.68 bits per heavy atom. The topological polar surface area (TPSA) is 135 Å². The summed E-state index contributed by atoms with van der Waals surface area (Å²) in [4.78, 5) is 42.0. The fourth-order valence-corrected chi connectivity index (χ4v) is 4.21. The molecule has 0 bridgehead atoms. The Bertz CT molecular complexity index is 705. The number of amides is 2. The summed E-state index contributed by atoms with van der Waals surface area (Å²) >= 11 is 0.992. The van der Waals surface area contributed by atoms with Crippen LogP contribution in [0.3, 0.4) is 0 Å². The second-order valence-corrected chi connectivity index (χ2v) is 9.67. The van der Waals surface area contributed by atoms with Crippen LogP contribution in [-0.4, -0.2) is 82.3 Å². The molecule has 10 nitrogen and oxygen atoms in total. The minimum Gasteiger partial charge on any atom is -0.444 e. The van der Waals surface area contributed by atoms with Gasteiger partial charge < -0.3 is 20.2 Å². The molecule has 3 N–H and O–H groups in total. The van der Waals surface area contributed by atoms with Gasteiger partial charge in [0.05, 0.1) is 11.1 Å². The van der Waals surface area contributed by atoms with Gasteiger partial charge in [-0.2, -0.15) is 0 Å². The first-order chi connectivity index (χ1) is 16.2. The van der Waals surface area contributed by atoms with Crippen LogP contribution in [-0.2, 0) is 19.1 Å². The average molecular weight is 500 g/mol. The monoisotopic (exact) mass is 499 g/mol. The summed E-state index contributed by atoms with van der Waals surface area (Å²) in [7, 11) is 1.93. The third-order valence-electron chi connectivity index (χ3n) is 6.07. The van der Waals surface area contributed by atoms with Crippen LogP contribution >= 0.6 is 11.8 Å². The summed E-state index contributed by atoms with van der Waals surface area (Å²) in [6.45, 7) is 6.70. The number of likely N-dealkylation sites (N-methyl/N-ethyl adjacent to an activating group) is 1. The van der Waals surface area contributed by atoms with Crippen molar-refractivity contribution in [2.45, 2.75) is 84.2 Å². The Labute approximate surface area is 207 Å². The van der Waals surface area contributed by atoms with E-state index in [1.54, 1.807) is 0 Å². The van der Waals surface area contributed by atoms with Crippen LogP contribution in [0.2, 0.25) is 0 Å². The Morgan fingerprint density at radius 1 is 1.32 bits per heavy atom. The molecule has 0 aliphatic carbocycles. The lowest BCUT2D eigenvalue weighted by atomic mass is 9.96. The number of esters is 1. The second-order valence-electron chi connectivity index (χ2n) is 8.73. The van der Waals surface area contributed by atoms with E-state index < -0.39 is 6.04 Å². The molecule has 0 aromatic rings. The van der Waals surface area contributed by atoms with E-state index in [0.717, 1.165) is 43.1 Å². The predicted octanol–water partition coefficient (Wildman–Crippen LogP) is 3.04. The number of hydrogen-bond acceptors (Lipinski definition) is 9. The highest BCUT2D eigenvalue weighted by Gasteiger charge is 2.34. The number of piperidine rings is 1. The summed E-state index contributed by atoms with van der Waals surface area (Å²) in [6.07, 6.45) is 5.25. The van der Waals surface area contributed by atoms with E-state index in [4.69, 9.17) is 15.4 Å². The van der Waals surface area contributed by atoms with Crippen LogP contribution in [0.5, 0.6) is 0 Å². The third kappa shape index (κ3) is 10.4. The molecule has 34 heavy (non-hydrogen) atoms. The zero-order valence-corrected chi connectivity index (χ0v) is 21.7. The maximum atomic E-state index is 13.6. The summed E-state index contributed by atoms with van der Waals surface area (Å²) in [5.41, 5.74) is 1.16. The standard InChI is InChI=1S/C23H41N5O5S/c1-5-10-20(29)33-16-28(14-9-12-19(24)34-15-25-32)23(31)21(17(3)6-2)26-22(30)18-11-7-8-13-27(18)4/h15,17-18,21,24,32H,5-14,16H2,1-4H3,(H,26,30)/b24-19?,25-15-/t17?,18-,21+/m1/s1. The maximum Gasteiger partial charge on any atom is 0.307 e. The van der Waals surface area contributed by atoms with Gasteiger partial charge in [0.15, 0.2) is 6.73 Å². The molecule has 1 unspecified atom stereocenters. The third-order valence-corrected chi connectivity index (χ3v) is 6.76. The molecule has 1 fully saturated rings. The molecule has 194 valence electrons. The van der Waals surface area contributed by atoms with Gasteiger partial charge in [0, 0.05) is 13.0 Å². The van der Waals surface area contributed by atoms with Crippen molar-refractivity contribution in [3.8, 4) is 0 Å². The van der Waals surface area contributed by atoms with Gasteiger partial charge in [-0.25, -0.2) is 0 Å². The van der Waals surface area contributed by atoms with Crippen molar-refractivity contribution in [1.29, 1.82) is 5.41 Å². The van der Waals surface area contributed by atoms with E-state index in [0.29, 0.717) is 30.7 Å². The molecule has 3 atom stereocenters. The normalized spacial score (nSPS) is 18.3. The predicted molar refractivity (Wildman–Crippen MR) is 134 cm³/mol. The number of hydrogen-bond donors (Lipinski definition) is 3. The summed E-state index contributed by atoms with van der Waals surface area (Å²) in [5.74, 6) is -0.920. The Balaban J connectivity index is 2.92. The van der Waals surface area contributed by atoms with Crippen molar-refractivity contribution < 1.29 is 24.3 Å². The molecule has 1 aliphatic heterocycles. The number of nitrogens with zero attached hydrogens (tertiary/aromatic N) is 3. The number of oxime groups is 1. The van der Waals surface area contributed by atoms with Gasteiger partial charge in [-0.3, -0.25) is 24.7 Å². The molecule has 1 heterocycles. The summed E-state index contributed by atoms with van der Waals surface area (Å²) in [5, 5.41) is 22.5. The van der Waals surface area contributed by atoms with Gasteiger partial charge in [0.2, 0.25) is 11.8 Å². The molecule has 1 saturated heterocycles. The smallest absolute Gasteiger partial charge is 0.307 e. The quantitative estimate of drug-likeness (QED) is 0.0835. The van der Waals surface area contributed by atoms with Gasteiger partial charge in [-0.05, 0) is 51.6 Å². The van der Waals surface area contributed by atoms with Gasteiger partial charge in [0.1, 0.15) is 11.6 Å². The first kappa shape index (κ1) is 29.9. The van der Waals surface area contributed by atoms with Crippen molar-refractivity contribution in [1.82, 2.24) is 15.1 Å². The van der Waals surface area contributed by atoms with Gasteiger partial charge in [0.25, 0.3) is 0 Å². The van der Waals surface area contributed by atoms with Crippen molar-refractivity contribution in [2.75, 3.05) is 26.9 Å². The Hall–Kier alpha value is -2.14. The maximum absolute atomic E-state index is 13.6. The molecule has 0 saturated carbocycles. The zero-order chi connectivity index (χ0) is 25.5. The molecule has 0 spiro atoms. The van der Waals surface area contributed by atoms with E-state index in [1.807, 2.05) is 32.7 Å². The number of rotatable bonds is 14. The van der Waals surface area contributed by atoms with E-state index in [9.17, 15) is 14.4 Å². The molecular formula is C23H41N5O5S. The number of nitrogens with one attached hydrogen (secondary N) is 2. The van der Waals surface area contributed by atoms with Crippen molar-refractivity contribution in [3.63, 3.8) is 0 Å². The van der Waals surface area contributed by atoms with Crippen molar-refractivity contribution >= 4 is 40.1 Å². The highest BCUT2D eigenvalue weighted by Crippen LogP contribution is 2.18. The lowest BCUT2D eigenvalue weighted by molar-refractivity contribution is -0.155. The van der Waals surface area contributed by atoms with Gasteiger partial charge in [-0.1, -0.05) is 50.5 Å². The molecule has 0 aromatic heterocycles. The Kier molecular flexibility index (Phi) is 14.5. The van der Waals surface area contributed by atoms with Crippen LogP contribution in [0.1, 0.15) is 72.1 Å². The SMILES string of the molecule is CCCC(=O)OCN(CCCC(=N)S/C=N\O)C(=O)[C@@H](NC(=O)[C@H]1CCCCN1C)C(C)CC. The Morgan fingerprint density at radius 2 is 2.06 bits per heavy atom. The van der Waals surface area contributed by atoms with Crippen LogP contribution in [0.15, 0.2) is 5.16 Å². The number of ether oxygens (including phenoxy) is 1. The number of carbonyl (C=O) groups excluding carboxylic acids is 3. The van der Waals surface area contributed by atoms with Crippen molar-refractivity contribution in [2.24, 2.45) is 11.1 Å². The van der Waals surface area contributed by atoms with Crippen LogP contribution in [0, 0.1) is 11.3 Å². The molecule has 0 radical (unpaired) electrons. The van der Waals surface area contributed by atoms with Crippen LogP contribution in [0.4, 0.5) is 0 Å². The van der Waals surface area contributed by atoms with E-state index in [-0.39, 0.29) is 49.4 Å². The lowest BCUT2D eigenvalue weighted by Gasteiger charge is -2.35. The molecule has 2 amide bonds. The molecule has 11 heteroatoms. The minimum atomic E-state index is -0.729. The molecule has 1 rings (SSSR count). The number of thioether (sulfide) groups is 1. The van der Waals surface area contributed by atoms with Gasteiger partial charge >= 0.3 is 5.97 Å². The first-order valence-corrected chi connectivity index (χ1v) is 13.0. The summed E-state index contributed by atoms with van der Waals surface area (Å²) in [6, 6.07) is -0.984. The number of likely N-dealkylation sites (tertiary alicyclic amines) is 1. The van der Waals surface area contributed by atoms with Gasteiger partial charge in [-0.15, -0.1) is 0 Å². The van der Waals surface area contributed by atoms with Crippen molar-refractivity contribution in [3.05, 3.63) is 0 Å². The highest BCUT2D eigenvalue weighted by atomic mass is 32.2. The summed E-state index contributed by atoms with van der Waals surface area (Å²) < 4.78 is 5.32. The van der Waals surface area contributed by atoms with E-state index >= 15 is 0 Å².